The summed E-state index contributed by atoms with van der Waals surface area (Å²) in [7, 11) is 1.28. The smallest absolute Gasteiger partial charge is 0.348 e. The van der Waals surface area contributed by atoms with E-state index in [4.69, 9.17) is 9.47 Å². The molecule has 2 rings (SSSR count). The Hall–Kier alpha value is -2.22. The standard InChI is InChI=1S/C16H20N2O5S/c1-5-6-7-23-15(20)10(3)18-8-17-13-11(14(18)19)9(2)12(24-13)16(21)22-4/h8,10H,5-7H2,1-4H3/t10-/m1/s1. The molecule has 0 spiro atoms. The predicted molar refractivity (Wildman–Crippen MR) is 90.5 cm³/mol. The average molecular weight is 352 g/mol. The van der Waals surface area contributed by atoms with Crippen molar-refractivity contribution in [3.05, 3.63) is 27.1 Å². The number of nitrogens with zero attached hydrogens (tertiary/aromatic N) is 2. The fraction of sp³-hybridized carbons (Fsp3) is 0.500. The summed E-state index contributed by atoms with van der Waals surface area (Å²) in [5.74, 6) is -0.985. The predicted octanol–water partition coefficient (Wildman–Crippen LogP) is 2.46. The number of carbonyl (C=O) groups excluding carboxylic acids is 2. The Balaban J connectivity index is 2.41. The third kappa shape index (κ3) is 3.33. The Bertz CT molecular complexity index is 824. The highest BCUT2D eigenvalue weighted by atomic mass is 32.1. The fourth-order valence-corrected chi connectivity index (χ4v) is 3.31. The summed E-state index contributed by atoms with van der Waals surface area (Å²) < 4.78 is 11.1. The second-order valence-electron chi connectivity index (χ2n) is 5.38. The molecule has 0 bridgehead atoms. The molecule has 0 saturated carbocycles. The van der Waals surface area contributed by atoms with E-state index in [2.05, 4.69) is 4.98 Å². The molecule has 1 atom stereocenters. The molecule has 0 aromatic carbocycles. The summed E-state index contributed by atoms with van der Waals surface area (Å²) in [5.41, 5.74) is 0.143. The molecule has 0 radical (unpaired) electrons. The number of aryl methyl sites for hydroxylation is 1. The van der Waals surface area contributed by atoms with Crippen LogP contribution in [0.15, 0.2) is 11.1 Å². The molecule has 0 fully saturated rings. The molecule has 130 valence electrons. The molecular weight excluding hydrogens is 332 g/mol. The first-order valence-electron chi connectivity index (χ1n) is 7.67. The Morgan fingerprint density at radius 2 is 2.12 bits per heavy atom. The zero-order valence-electron chi connectivity index (χ0n) is 14.1. The fourth-order valence-electron chi connectivity index (χ4n) is 2.25. The maximum Gasteiger partial charge on any atom is 0.348 e. The van der Waals surface area contributed by atoms with Crippen LogP contribution in [0.3, 0.4) is 0 Å². The van der Waals surface area contributed by atoms with Crippen LogP contribution in [0.2, 0.25) is 0 Å². The molecule has 0 unspecified atom stereocenters. The lowest BCUT2D eigenvalue weighted by molar-refractivity contribution is -0.147. The number of ether oxygens (including phenoxy) is 2. The number of thiophene rings is 1. The van der Waals surface area contributed by atoms with Crippen LogP contribution in [0.5, 0.6) is 0 Å². The van der Waals surface area contributed by atoms with E-state index in [9.17, 15) is 14.4 Å². The van der Waals surface area contributed by atoms with Crippen molar-refractivity contribution in [2.24, 2.45) is 0 Å². The number of unbranched alkanes of at least 4 members (excludes halogenated alkanes) is 1. The van der Waals surface area contributed by atoms with Crippen LogP contribution in [0.25, 0.3) is 10.2 Å². The maximum atomic E-state index is 12.7. The van der Waals surface area contributed by atoms with Gasteiger partial charge in [-0.1, -0.05) is 13.3 Å². The minimum Gasteiger partial charge on any atom is -0.465 e. The molecule has 0 amide bonds. The van der Waals surface area contributed by atoms with Gasteiger partial charge in [-0.3, -0.25) is 9.36 Å². The highest BCUT2D eigenvalue weighted by molar-refractivity contribution is 7.20. The summed E-state index contributed by atoms with van der Waals surface area (Å²) in [6.07, 6.45) is 3.00. The van der Waals surface area contributed by atoms with Crippen molar-refractivity contribution in [3.63, 3.8) is 0 Å². The van der Waals surface area contributed by atoms with Crippen LogP contribution in [-0.4, -0.2) is 35.2 Å². The van der Waals surface area contributed by atoms with Crippen LogP contribution in [0, 0.1) is 6.92 Å². The Labute approximate surface area is 143 Å². The van der Waals surface area contributed by atoms with Gasteiger partial charge in [0.1, 0.15) is 15.7 Å². The van der Waals surface area contributed by atoms with E-state index >= 15 is 0 Å². The van der Waals surface area contributed by atoms with Crippen molar-refractivity contribution in [2.45, 2.75) is 39.7 Å². The van der Waals surface area contributed by atoms with Crippen molar-refractivity contribution in [1.29, 1.82) is 0 Å². The van der Waals surface area contributed by atoms with Gasteiger partial charge in [0.25, 0.3) is 5.56 Å². The molecule has 8 heteroatoms. The number of esters is 2. The summed E-state index contributed by atoms with van der Waals surface area (Å²) >= 11 is 1.10. The minimum atomic E-state index is -0.785. The topological polar surface area (TPSA) is 87.5 Å². The molecule has 7 nitrogen and oxygen atoms in total. The molecule has 0 N–H and O–H groups in total. The van der Waals surface area contributed by atoms with E-state index in [0.29, 0.717) is 27.3 Å². The van der Waals surface area contributed by atoms with Crippen molar-refractivity contribution in [1.82, 2.24) is 9.55 Å². The zero-order chi connectivity index (χ0) is 17.9. The Morgan fingerprint density at radius 3 is 2.75 bits per heavy atom. The van der Waals surface area contributed by atoms with Crippen LogP contribution in [-0.2, 0) is 14.3 Å². The van der Waals surface area contributed by atoms with Crippen molar-refractivity contribution < 1.29 is 19.1 Å². The van der Waals surface area contributed by atoms with E-state index < -0.39 is 18.0 Å². The molecule has 0 aliphatic heterocycles. The second-order valence-corrected chi connectivity index (χ2v) is 6.38. The third-order valence-electron chi connectivity index (χ3n) is 3.75. The molecule has 0 aliphatic carbocycles. The second kappa shape index (κ2) is 7.57. The van der Waals surface area contributed by atoms with Crippen molar-refractivity contribution >= 4 is 33.5 Å². The minimum absolute atomic E-state index is 0.327. The van der Waals surface area contributed by atoms with Crippen LogP contribution < -0.4 is 5.56 Å². The Morgan fingerprint density at radius 1 is 1.42 bits per heavy atom. The van der Waals surface area contributed by atoms with Gasteiger partial charge in [0.15, 0.2) is 0 Å². The molecule has 24 heavy (non-hydrogen) atoms. The number of hydrogen-bond donors (Lipinski definition) is 0. The van der Waals surface area contributed by atoms with Gasteiger partial charge >= 0.3 is 11.9 Å². The number of carbonyl (C=O) groups is 2. The highest BCUT2D eigenvalue weighted by Gasteiger charge is 2.23. The van der Waals surface area contributed by atoms with Crippen LogP contribution in [0.4, 0.5) is 0 Å². The van der Waals surface area contributed by atoms with E-state index in [1.807, 2.05) is 6.92 Å². The molecule has 0 saturated heterocycles. The zero-order valence-corrected chi connectivity index (χ0v) is 14.9. The highest BCUT2D eigenvalue weighted by Crippen LogP contribution is 2.27. The summed E-state index contributed by atoms with van der Waals surface area (Å²) in [6, 6.07) is -0.785. The van der Waals surface area contributed by atoms with Gasteiger partial charge in [0.2, 0.25) is 0 Å². The number of aromatic nitrogens is 2. The van der Waals surface area contributed by atoms with Gasteiger partial charge in [-0.2, -0.15) is 0 Å². The first-order chi connectivity index (χ1) is 11.4. The molecular formula is C16H20N2O5S. The lowest BCUT2D eigenvalue weighted by Gasteiger charge is -2.13. The number of methoxy groups -OCH3 is 1. The summed E-state index contributed by atoms with van der Waals surface area (Å²) in [6.45, 7) is 5.58. The van der Waals surface area contributed by atoms with Gasteiger partial charge in [0.05, 0.1) is 25.4 Å². The SMILES string of the molecule is CCCCOC(=O)[C@@H](C)n1cnc2sc(C(=O)OC)c(C)c2c1=O. The van der Waals surface area contributed by atoms with Crippen molar-refractivity contribution in [2.75, 3.05) is 13.7 Å². The van der Waals surface area contributed by atoms with Crippen molar-refractivity contribution in [3.8, 4) is 0 Å². The maximum absolute atomic E-state index is 12.7. The lowest BCUT2D eigenvalue weighted by atomic mass is 10.2. The largest absolute Gasteiger partial charge is 0.465 e. The van der Waals surface area contributed by atoms with E-state index in [1.54, 1.807) is 13.8 Å². The molecule has 2 aromatic heterocycles. The molecule has 0 aliphatic rings. The van der Waals surface area contributed by atoms with Gasteiger partial charge in [-0.05, 0) is 25.8 Å². The first kappa shape index (κ1) is 18.1. The number of fused-ring (bicyclic) bond motifs is 1. The molecule has 2 heterocycles. The van der Waals surface area contributed by atoms with Gasteiger partial charge < -0.3 is 9.47 Å². The average Bonchev–Trinajstić information content (AvgIpc) is 2.91. The van der Waals surface area contributed by atoms with Gasteiger partial charge in [-0.25, -0.2) is 14.6 Å². The van der Waals surface area contributed by atoms with Gasteiger partial charge in [0, 0.05) is 0 Å². The normalized spacial score (nSPS) is 12.2. The monoisotopic (exact) mass is 352 g/mol. The van der Waals surface area contributed by atoms with Gasteiger partial charge in [-0.15, -0.1) is 11.3 Å². The third-order valence-corrected chi connectivity index (χ3v) is 4.93. The van der Waals surface area contributed by atoms with E-state index in [0.717, 1.165) is 24.2 Å². The van der Waals surface area contributed by atoms with Crippen LogP contribution in [0.1, 0.15) is 48.0 Å². The summed E-state index contributed by atoms with van der Waals surface area (Å²) in [4.78, 5) is 41.5. The number of hydrogen-bond acceptors (Lipinski definition) is 7. The van der Waals surface area contributed by atoms with Crippen LogP contribution >= 0.6 is 11.3 Å². The lowest BCUT2D eigenvalue weighted by Crippen LogP contribution is -2.29. The summed E-state index contributed by atoms with van der Waals surface area (Å²) in [5, 5.41) is 0.330. The quantitative estimate of drug-likeness (QED) is 0.586. The first-order valence-corrected chi connectivity index (χ1v) is 8.49. The van der Waals surface area contributed by atoms with E-state index in [-0.39, 0.29) is 5.56 Å². The molecule has 2 aromatic rings. The number of rotatable bonds is 6. The Kier molecular flexibility index (Phi) is 5.71. The van der Waals surface area contributed by atoms with E-state index in [1.165, 1.54) is 18.0 Å².